The van der Waals surface area contributed by atoms with Crippen molar-refractivity contribution in [3.05, 3.63) is 25.3 Å². The predicted molar refractivity (Wildman–Crippen MR) is 44.5 cm³/mol. The standard InChI is InChI=1S/2C3H5NO.Li/c2*1-2-3(4)5;/h2*2H,1H2,(H2,4,5);. The van der Waals surface area contributed by atoms with Crippen LogP contribution >= 0.6 is 0 Å². The fourth-order valence-corrected chi connectivity index (χ4v) is 0. The van der Waals surface area contributed by atoms with E-state index in [0.717, 1.165) is 12.2 Å². The summed E-state index contributed by atoms with van der Waals surface area (Å²) in [4.78, 5) is 18.9. The molecule has 2 amide bonds. The molecule has 0 aliphatic carbocycles. The van der Waals surface area contributed by atoms with Gasteiger partial charge in [-0.2, -0.15) is 0 Å². The summed E-state index contributed by atoms with van der Waals surface area (Å²) >= 11 is 0. The Morgan fingerprint density at radius 3 is 1.09 bits per heavy atom. The third-order valence-electron chi connectivity index (χ3n) is 0.402. The second-order valence-electron chi connectivity index (χ2n) is 1.21. The topological polar surface area (TPSA) is 86.2 Å². The third kappa shape index (κ3) is 48.8. The van der Waals surface area contributed by atoms with E-state index in [1.165, 1.54) is 0 Å². The van der Waals surface area contributed by atoms with Gasteiger partial charge < -0.3 is 11.5 Å². The summed E-state index contributed by atoms with van der Waals surface area (Å²) < 4.78 is 0. The quantitative estimate of drug-likeness (QED) is 0.387. The molecule has 0 fully saturated rings. The van der Waals surface area contributed by atoms with Gasteiger partial charge in [-0.3, -0.25) is 9.59 Å². The molecule has 5 heteroatoms. The fourth-order valence-electron chi connectivity index (χ4n) is 0. The van der Waals surface area contributed by atoms with Gasteiger partial charge in [0.25, 0.3) is 0 Å². The molecule has 57 valence electrons. The molecule has 0 aromatic carbocycles. The number of amides is 2. The molecule has 0 unspecified atom stereocenters. The van der Waals surface area contributed by atoms with Crippen LogP contribution < -0.4 is 11.5 Å². The molecule has 0 aromatic rings. The summed E-state index contributed by atoms with van der Waals surface area (Å²) in [5, 5.41) is 0. The van der Waals surface area contributed by atoms with Gasteiger partial charge in [0.15, 0.2) is 0 Å². The molecule has 0 rings (SSSR count). The van der Waals surface area contributed by atoms with Crippen molar-refractivity contribution in [1.82, 2.24) is 0 Å². The summed E-state index contributed by atoms with van der Waals surface area (Å²) in [5.74, 6) is -0.963. The summed E-state index contributed by atoms with van der Waals surface area (Å²) in [6, 6.07) is 0. The minimum atomic E-state index is -0.481. The zero-order chi connectivity index (χ0) is 8.57. The van der Waals surface area contributed by atoms with Crippen molar-refractivity contribution in [2.75, 3.05) is 0 Å². The Labute approximate surface area is 77.5 Å². The Kier molecular flexibility index (Phi) is 17.7. The maximum absolute atomic E-state index is 9.47. The van der Waals surface area contributed by atoms with Crippen LogP contribution in [-0.4, -0.2) is 30.7 Å². The smallest absolute Gasteiger partial charge is 0.240 e. The summed E-state index contributed by atoms with van der Waals surface area (Å²) in [6.45, 7) is 6.17. The van der Waals surface area contributed by atoms with Crippen molar-refractivity contribution in [3.8, 4) is 0 Å². The van der Waals surface area contributed by atoms with Gasteiger partial charge in [0.05, 0.1) is 0 Å². The normalized spacial score (nSPS) is 5.82. The van der Waals surface area contributed by atoms with E-state index in [-0.39, 0.29) is 18.9 Å². The number of hydrogen-bond acceptors (Lipinski definition) is 2. The Morgan fingerprint density at radius 2 is 1.09 bits per heavy atom. The second kappa shape index (κ2) is 11.8. The van der Waals surface area contributed by atoms with E-state index in [0.29, 0.717) is 0 Å². The SMILES string of the molecule is C=CC(N)=O.C=CC(N)=O.[Li]. The van der Waals surface area contributed by atoms with Crippen LogP contribution in [0.2, 0.25) is 0 Å². The van der Waals surface area contributed by atoms with Crippen LogP contribution in [-0.2, 0) is 9.59 Å². The van der Waals surface area contributed by atoms with Crippen LogP contribution in [0.3, 0.4) is 0 Å². The van der Waals surface area contributed by atoms with Crippen LogP contribution in [0.25, 0.3) is 0 Å². The molecular weight excluding hydrogens is 139 g/mol. The molecule has 0 saturated heterocycles. The first kappa shape index (κ1) is 16.5. The molecular formula is C6H10LiN2O2. The summed E-state index contributed by atoms with van der Waals surface area (Å²) in [5.41, 5.74) is 9.07. The maximum Gasteiger partial charge on any atom is 0.240 e. The van der Waals surface area contributed by atoms with Crippen LogP contribution in [0.5, 0.6) is 0 Å². The molecule has 0 spiro atoms. The zero-order valence-corrected chi connectivity index (χ0v) is 6.54. The first-order valence-electron chi connectivity index (χ1n) is 2.38. The molecule has 0 heterocycles. The van der Waals surface area contributed by atoms with Crippen molar-refractivity contribution >= 4 is 30.7 Å². The van der Waals surface area contributed by atoms with Crippen molar-refractivity contribution in [1.29, 1.82) is 0 Å². The molecule has 4 N–H and O–H groups in total. The van der Waals surface area contributed by atoms with Gasteiger partial charge in [0, 0.05) is 18.9 Å². The Balaban J connectivity index is -0.000000107. The molecule has 1 radical (unpaired) electrons. The van der Waals surface area contributed by atoms with Crippen molar-refractivity contribution in [2.24, 2.45) is 11.5 Å². The number of primary amides is 2. The van der Waals surface area contributed by atoms with E-state index in [9.17, 15) is 9.59 Å². The van der Waals surface area contributed by atoms with E-state index >= 15 is 0 Å². The fraction of sp³-hybridized carbons (Fsp3) is 0. The summed E-state index contributed by atoms with van der Waals surface area (Å²) in [7, 11) is 0. The van der Waals surface area contributed by atoms with Crippen LogP contribution in [0.4, 0.5) is 0 Å². The average Bonchev–Trinajstić information content (AvgIpc) is 1.89. The number of hydrogen-bond donors (Lipinski definition) is 2. The van der Waals surface area contributed by atoms with Gasteiger partial charge in [0.2, 0.25) is 11.8 Å². The first-order valence-corrected chi connectivity index (χ1v) is 2.38. The molecule has 11 heavy (non-hydrogen) atoms. The molecule has 0 bridgehead atoms. The predicted octanol–water partition coefficient (Wildman–Crippen LogP) is -1.07. The minimum absolute atomic E-state index is 0. The molecule has 0 aromatic heterocycles. The van der Waals surface area contributed by atoms with Gasteiger partial charge >= 0.3 is 0 Å². The Morgan fingerprint density at radius 1 is 1.00 bits per heavy atom. The van der Waals surface area contributed by atoms with E-state index in [1.807, 2.05) is 0 Å². The van der Waals surface area contributed by atoms with Gasteiger partial charge in [0.1, 0.15) is 0 Å². The third-order valence-corrected chi connectivity index (χ3v) is 0.402. The van der Waals surface area contributed by atoms with Crippen LogP contribution in [0.1, 0.15) is 0 Å². The maximum atomic E-state index is 9.47. The Hall–Kier alpha value is -0.983. The van der Waals surface area contributed by atoms with E-state index in [1.54, 1.807) is 0 Å². The number of nitrogens with two attached hydrogens (primary N) is 2. The van der Waals surface area contributed by atoms with Gasteiger partial charge in [-0.15, -0.1) is 0 Å². The van der Waals surface area contributed by atoms with E-state index in [4.69, 9.17) is 0 Å². The number of carbonyl (C=O) groups excluding carboxylic acids is 2. The molecule has 4 nitrogen and oxygen atoms in total. The van der Waals surface area contributed by atoms with Crippen molar-refractivity contribution in [2.45, 2.75) is 0 Å². The molecule has 0 saturated carbocycles. The average molecular weight is 149 g/mol. The molecule has 0 atom stereocenters. The first-order chi connectivity index (χ1) is 4.54. The van der Waals surface area contributed by atoms with Crippen molar-refractivity contribution in [3.63, 3.8) is 0 Å². The van der Waals surface area contributed by atoms with Gasteiger partial charge in [-0.1, -0.05) is 13.2 Å². The largest absolute Gasteiger partial charge is 0.366 e. The Bertz CT molecular complexity index is 139. The van der Waals surface area contributed by atoms with E-state index in [2.05, 4.69) is 24.6 Å². The molecule has 0 aliphatic heterocycles. The van der Waals surface area contributed by atoms with Crippen LogP contribution in [0.15, 0.2) is 25.3 Å². The number of carbonyl (C=O) groups is 2. The monoisotopic (exact) mass is 149 g/mol. The van der Waals surface area contributed by atoms with Crippen LogP contribution in [0, 0.1) is 0 Å². The van der Waals surface area contributed by atoms with Gasteiger partial charge in [-0.25, -0.2) is 0 Å². The van der Waals surface area contributed by atoms with Gasteiger partial charge in [-0.05, 0) is 12.2 Å². The molecule has 0 aliphatic rings. The number of rotatable bonds is 2. The minimum Gasteiger partial charge on any atom is -0.366 e. The zero-order valence-electron chi connectivity index (χ0n) is 6.54. The summed E-state index contributed by atoms with van der Waals surface area (Å²) in [6.07, 6.45) is 2.11. The second-order valence-corrected chi connectivity index (χ2v) is 1.21. The van der Waals surface area contributed by atoms with E-state index < -0.39 is 11.8 Å². The van der Waals surface area contributed by atoms with Crippen molar-refractivity contribution < 1.29 is 9.59 Å².